The highest BCUT2D eigenvalue weighted by Gasteiger charge is 2.20. The van der Waals surface area contributed by atoms with Crippen molar-refractivity contribution >= 4 is 6.09 Å². The first-order valence-electron chi connectivity index (χ1n) is 5.32. The Morgan fingerprint density at radius 1 is 1.20 bits per heavy atom. The Morgan fingerprint density at radius 3 is 2.53 bits per heavy atom. The topological polar surface area (TPSA) is 40.4 Å². The van der Waals surface area contributed by atoms with E-state index >= 15 is 0 Å². The SMILES string of the molecule is O=C([N]C1CCCC1)Oc1ccccc1. The lowest BCUT2D eigenvalue weighted by atomic mass is 10.3. The van der Waals surface area contributed by atoms with Gasteiger partial charge in [-0.2, -0.15) is 0 Å². The van der Waals surface area contributed by atoms with Gasteiger partial charge in [-0.3, -0.25) is 0 Å². The number of nitrogens with zero attached hydrogens (tertiary/aromatic N) is 1. The minimum absolute atomic E-state index is 0.182. The largest absolute Gasteiger partial charge is 0.434 e. The zero-order valence-corrected chi connectivity index (χ0v) is 8.56. The van der Waals surface area contributed by atoms with Gasteiger partial charge in [-0.05, 0) is 25.0 Å². The van der Waals surface area contributed by atoms with Crippen LogP contribution in [-0.2, 0) is 0 Å². The molecule has 1 aliphatic rings. The molecular formula is C12H14NO2. The Kier molecular flexibility index (Phi) is 3.22. The van der Waals surface area contributed by atoms with Crippen molar-refractivity contribution in [1.82, 2.24) is 5.32 Å². The highest BCUT2D eigenvalue weighted by Crippen LogP contribution is 2.19. The van der Waals surface area contributed by atoms with Crippen LogP contribution in [0.15, 0.2) is 30.3 Å². The summed E-state index contributed by atoms with van der Waals surface area (Å²) in [4.78, 5) is 11.4. The lowest BCUT2D eigenvalue weighted by Crippen LogP contribution is -2.27. The molecule has 1 aromatic carbocycles. The highest BCUT2D eigenvalue weighted by atomic mass is 16.6. The molecule has 1 aliphatic carbocycles. The van der Waals surface area contributed by atoms with E-state index in [1.807, 2.05) is 18.2 Å². The van der Waals surface area contributed by atoms with E-state index in [2.05, 4.69) is 5.32 Å². The fraction of sp³-hybridized carbons (Fsp3) is 0.417. The average Bonchev–Trinajstić information content (AvgIpc) is 2.71. The summed E-state index contributed by atoms with van der Waals surface area (Å²) in [6, 6.07) is 9.23. The second kappa shape index (κ2) is 4.82. The second-order valence-electron chi connectivity index (χ2n) is 3.75. The van der Waals surface area contributed by atoms with Crippen molar-refractivity contribution in [3.63, 3.8) is 0 Å². The highest BCUT2D eigenvalue weighted by molar-refractivity contribution is 5.70. The van der Waals surface area contributed by atoms with Gasteiger partial charge < -0.3 is 4.74 Å². The maximum Gasteiger partial charge on any atom is 0.434 e. The quantitative estimate of drug-likeness (QED) is 0.743. The summed E-state index contributed by atoms with van der Waals surface area (Å²) in [6.07, 6.45) is 3.92. The molecule has 0 atom stereocenters. The first-order valence-corrected chi connectivity index (χ1v) is 5.32. The van der Waals surface area contributed by atoms with Gasteiger partial charge in [-0.25, -0.2) is 10.1 Å². The van der Waals surface area contributed by atoms with E-state index in [4.69, 9.17) is 4.74 Å². The van der Waals surface area contributed by atoms with E-state index in [9.17, 15) is 4.79 Å². The molecule has 1 amide bonds. The smallest absolute Gasteiger partial charge is 0.409 e. The molecule has 0 heterocycles. The van der Waals surface area contributed by atoms with Gasteiger partial charge in [-0.15, -0.1) is 0 Å². The van der Waals surface area contributed by atoms with Gasteiger partial charge in [0.2, 0.25) is 0 Å². The van der Waals surface area contributed by atoms with Crippen molar-refractivity contribution in [1.29, 1.82) is 0 Å². The zero-order chi connectivity index (χ0) is 10.5. The third kappa shape index (κ3) is 2.98. The van der Waals surface area contributed by atoms with Crippen LogP contribution in [0.5, 0.6) is 5.75 Å². The molecule has 0 aliphatic heterocycles. The normalized spacial score (nSPS) is 16.3. The maximum atomic E-state index is 11.4. The molecule has 1 radical (unpaired) electrons. The summed E-state index contributed by atoms with van der Waals surface area (Å²) in [5.74, 6) is 0.559. The molecule has 2 rings (SSSR count). The first-order chi connectivity index (χ1) is 7.34. The third-order valence-electron chi connectivity index (χ3n) is 2.56. The van der Waals surface area contributed by atoms with E-state index in [-0.39, 0.29) is 6.04 Å². The van der Waals surface area contributed by atoms with Crippen molar-refractivity contribution in [2.45, 2.75) is 31.7 Å². The molecule has 3 nitrogen and oxygen atoms in total. The van der Waals surface area contributed by atoms with Crippen molar-refractivity contribution in [3.8, 4) is 5.75 Å². The van der Waals surface area contributed by atoms with Gasteiger partial charge in [0, 0.05) is 0 Å². The van der Waals surface area contributed by atoms with E-state index in [1.165, 1.54) is 12.8 Å². The number of rotatable bonds is 2. The molecular weight excluding hydrogens is 190 g/mol. The number of hydrogen-bond donors (Lipinski definition) is 0. The van der Waals surface area contributed by atoms with E-state index in [0.717, 1.165) is 12.8 Å². The van der Waals surface area contributed by atoms with Crippen molar-refractivity contribution in [2.75, 3.05) is 0 Å². The van der Waals surface area contributed by atoms with Gasteiger partial charge in [0.25, 0.3) is 0 Å². The molecule has 1 saturated carbocycles. The van der Waals surface area contributed by atoms with Gasteiger partial charge in [-0.1, -0.05) is 31.0 Å². The number of ether oxygens (including phenoxy) is 1. The summed E-state index contributed by atoms with van der Waals surface area (Å²) in [7, 11) is 0. The van der Waals surface area contributed by atoms with Crippen LogP contribution in [0, 0.1) is 0 Å². The Bertz CT molecular complexity index is 318. The fourth-order valence-corrected chi connectivity index (χ4v) is 1.80. The third-order valence-corrected chi connectivity index (χ3v) is 2.56. The lowest BCUT2D eigenvalue weighted by Gasteiger charge is -2.08. The molecule has 0 bridgehead atoms. The lowest BCUT2D eigenvalue weighted by molar-refractivity contribution is 0.195. The predicted molar refractivity (Wildman–Crippen MR) is 56.9 cm³/mol. The summed E-state index contributed by atoms with van der Waals surface area (Å²) < 4.78 is 5.07. The minimum Gasteiger partial charge on any atom is -0.409 e. The van der Waals surface area contributed by atoms with Crippen molar-refractivity contribution in [2.24, 2.45) is 0 Å². The molecule has 0 aromatic heterocycles. The summed E-state index contributed by atoms with van der Waals surface area (Å²) in [5.41, 5.74) is 0. The van der Waals surface area contributed by atoms with Crippen LogP contribution < -0.4 is 10.1 Å². The molecule has 3 heteroatoms. The molecule has 0 unspecified atom stereocenters. The summed E-state index contributed by atoms with van der Waals surface area (Å²) >= 11 is 0. The minimum atomic E-state index is -0.465. The van der Waals surface area contributed by atoms with E-state index < -0.39 is 6.09 Å². The zero-order valence-electron chi connectivity index (χ0n) is 8.56. The number of carbonyl (C=O) groups is 1. The fourth-order valence-electron chi connectivity index (χ4n) is 1.80. The van der Waals surface area contributed by atoms with Gasteiger partial charge in [0.1, 0.15) is 5.75 Å². The van der Waals surface area contributed by atoms with Crippen LogP contribution >= 0.6 is 0 Å². The van der Waals surface area contributed by atoms with Crippen LogP contribution in [0.4, 0.5) is 4.79 Å². The van der Waals surface area contributed by atoms with Crippen LogP contribution in [0.3, 0.4) is 0 Å². The number of amides is 1. The molecule has 0 saturated heterocycles. The number of carbonyl (C=O) groups excluding carboxylic acids is 1. The van der Waals surface area contributed by atoms with Crippen molar-refractivity contribution in [3.05, 3.63) is 30.3 Å². The molecule has 0 N–H and O–H groups in total. The molecule has 15 heavy (non-hydrogen) atoms. The first kappa shape index (κ1) is 10.0. The number of benzene rings is 1. The van der Waals surface area contributed by atoms with Gasteiger partial charge >= 0.3 is 6.09 Å². The Balaban J connectivity index is 1.82. The van der Waals surface area contributed by atoms with Crippen LogP contribution in [0.2, 0.25) is 0 Å². The second-order valence-corrected chi connectivity index (χ2v) is 3.75. The van der Waals surface area contributed by atoms with Crippen LogP contribution in [-0.4, -0.2) is 12.1 Å². The van der Waals surface area contributed by atoms with Crippen molar-refractivity contribution < 1.29 is 9.53 Å². The molecule has 79 valence electrons. The van der Waals surface area contributed by atoms with Gasteiger partial charge in [0.05, 0.1) is 6.04 Å². The Hall–Kier alpha value is -1.51. The predicted octanol–water partition coefficient (Wildman–Crippen LogP) is 2.73. The molecule has 1 aromatic rings. The molecule has 0 spiro atoms. The van der Waals surface area contributed by atoms with Gasteiger partial charge in [0.15, 0.2) is 0 Å². The Morgan fingerprint density at radius 2 is 1.87 bits per heavy atom. The Labute approximate surface area is 89.4 Å². The monoisotopic (exact) mass is 204 g/mol. The summed E-state index contributed by atoms with van der Waals surface area (Å²) in [6.45, 7) is 0. The van der Waals surface area contributed by atoms with E-state index in [1.54, 1.807) is 12.1 Å². The maximum absolute atomic E-state index is 11.4. The number of hydrogen-bond acceptors (Lipinski definition) is 2. The molecule has 1 fully saturated rings. The summed E-state index contributed by atoms with van der Waals surface area (Å²) in [5, 5.41) is 4.01. The number of para-hydroxylation sites is 1. The van der Waals surface area contributed by atoms with Crippen LogP contribution in [0.1, 0.15) is 25.7 Å². The average molecular weight is 204 g/mol. The standard InChI is InChI=1S/C12H14NO2/c14-12(13-10-6-4-5-7-10)15-11-8-2-1-3-9-11/h1-3,8-10H,4-7H2. The van der Waals surface area contributed by atoms with Crippen LogP contribution in [0.25, 0.3) is 0 Å². The van der Waals surface area contributed by atoms with E-state index in [0.29, 0.717) is 5.75 Å².